The number of imidazole rings is 1. The summed E-state index contributed by atoms with van der Waals surface area (Å²) >= 11 is 0. The minimum Gasteiger partial charge on any atom is -0.333 e. The zero-order chi connectivity index (χ0) is 13.9. The van der Waals surface area contributed by atoms with Gasteiger partial charge in [0.25, 0.3) is 0 Å². The van der Waals surface area contributed by atoms with Crippen molar-refractivity contribution in [3.63, 3.8) is 0 Å². The number of nitrogens with zero attached hydrogens (tertiary/aromatic N) is 4. The van der Waals surface area contributed by atoms with Crippen molar-refractivity contribution in [3.05, 3.63) is 48.3 Å². The smallest absolute Gasteiger partial charge is 0.122 e. The monoisotopic (exact) mass is 271 g/mol. The van der Waals surface area contributed by atoms with Crippen molar-refractivity contribution in [1.29, 1.82) is 0 Å². The zero-order valence-corrected chi connectivity index (χ0v) is 11.8. The lowest BCUT2D eigenvalue weighted by atomic mass is 9.97. The molecule has 0 saturated carbocycles. The van der Waals surface area contributed by atoms with Crippen LogP contribution in [0.1, 0.15) is 30.8 Å². The van der Waals surface area contributed by atoms with Crippen molar-refractivity contribution in [2.45, 2.75) is 38.5 Å². The van der Waals surface area contributed by atoms with Gasteiger partial charge in [0, 0.05) is 43.9 Å². The standard InChI is InChI=1S/C15H21N5/c1-2-13(16)15(12-4-3-5-17-10-12)20-9-8-19-7-6-18-14(19)11-20/h3-7,10,13,15H,2,8-9,11,16H2,1H3. The van der Waals surface area contributed by atoms with E-state index in [-0.39, 0.29) is 12.1 Å². The molecule has 20 heavy (non-hydrogen) atoms. The van der Waals surface area contributed by atoms with E-state index in [0.717, 1.165) is 31.9 Å². The maximum Gasteiger partial charge on any atom is 0.122 e. The largest absolute Gasteiger partial charge is 0.333 e. The molecule has 0 bridgehead atoms. The first-order valence-electron chi connectivity index (χ1n) is 7.19. The Labute approximate surface area is 119 Å². The van der Waals surface area contributed by atoms with Crippen molar-refractivity contribution in [2.75, 3.05) is 6.54 Å². The summed E-state index contributed by atoms with van der Waals surface area (Å²) in [7, 11) is 0. The summed E-state index contributed by atoms with van der Waals surface area (Å²) in [5.41, 5.74) is 7.57. The Balaban J connectivity index is 1.87. The summed E-state index contributed by atoms with van der Waals surface area (Å²) < 4.78 is 2.22. The molecule has 2 atom stereocenters. The van der Waals surface area contributed by atoms with Gasteiger partial charge < -0.3 is 10.3 Å². The Morgan fingerprint density at radius 2 is 2.25 bits per heavy atom. The normalized spacial score (nSPS) is 18.5. The highest BCUT2D eigenvalue weighted by Gasteiger charge is 2.29. The molecule has 3 heterocycles. The van der Waals surface area contributed by atoms with Crippen LogP contribution in [-0.2, 0) is 13.1 Å². The molecule has 5 heteroatoms. The van der Waals surface area contributed by atoms with Gasteiger partial charge in [-0.1, -0.05) is 13.0 Å². The van der Waals surface area contributed by atoms with Gasteiger partial charge in [-0.25, -0.2) is 4.98 Å². The predicted molar refractivity (Wildman–Crippen MR) is 77.9 cm³/mol. The van der Waals surface area contributed by atoms with Crippen molar-refractivity contribution >= 4 is 0 Å². The van der Waals surface area contributed by atoms with Gasteiger partial charge in [0.1, 0.15) is 5.82 Å². The summed E-state index contributed by atoms with van der Waals surface area (Å²) in [6, 6.07) is 4.42. The molecule has 1 aliphatic rings. The maximum atomic E-state index is 6.38. The second-order valence-electron chi connectivity index (χ2n) is 5.31. The minimum atomic E-state index is 0.112. The summed E-state index contributed by atoms with van der Waals surface area (Å²) in [5.74, 6) is 1.12. The van der Waals surface area contributed by atoms with Crippen LogP contribution in [0, 0.1) is 0 Å². The third-order valence-electron chi connectivity index (χ3n) is 4.07. The third-order valence-corrected chi connectivity index (χ3v) is 4.07. The summed E-state index contributed by atoms with van der Waals surface area (Å²) in [6.07, 6.45) is 8.61. The first-order valence-corrected chi connectivity index (χ1v) is 7.19. The lowest BCUT2D eigenvalue weighted by molar-refractivity contribution is 0.130. The summed E-state index contributed by atoms with van der Waals surface area (Å²) in [6.45, 7) is 4.96. The molecule has 0 amide bonds. The highest BCUT2D eigenvalue weighted by Crippen LogP contribution is 2.27. The Hall–Kier alpha value is -1.72. The summed E-state index contributed by atoms with van der Waals surface area (Å²) in [4.78, 5) is 11.1. The van der Waals surface area contributed by atoms with Crippen molar-refractivity contribution < 1.29 is 0 Å². The Bertz CT molecular complexity index is 550. The van der Waals surface area contributed by atoms with Crippen LogP contribution >= 0.6 is 0 Å². The molecule has 0 spiro atoms. The first-order chi connectivity index (χ1) is 9.79. The molecule has 0 aromatic carbocycles. The molecule has 2 aromatic rings. The number of hydrogen-bond acceptors (Lipinski definition) is 4. The molecule has 0 fully saturated rings. The van der Waals surface area contributed by atoms with Gasteiger partial charge >= 0.3 is 0 Å². The van der Waals surface area contributed by atoms with Gasteiger partial charge in [-0.05, 0) is 18.1 Å². The van der Waals surface area contributed by atoms with Crippen LogP contribution in [0.3, 0.4) is 0 Å². The second-order valence-corrected chi connectivity index (χ2v) is 5.31. The van der Waals surface area contributed by atoms with Crippen LogP contribution in [0.5, 0.6) is 0 Å². The van der Waals surface area contributed by atoms with Crippen molar-refractivity contribution in [2.24, 2.45) is 5.73 Å². The highest BCUT2D eigenvalue weighted by atomic mass is 15.3. The van der Waals surface area contributed by atoms with E-state index in [1.54, 1.807) is 6.20 Å². The number of rotatable bonds is 4. The van der Waals surface area contributed by atoms with Crippen LogP contribution < -0.4 is 5.73 Å². The molecule has 5 nitrogen and oxygen atoms in total. The Morgan fingerprint density at radius 3 is 3.00 bits per heavy atom. The fraction of sp³-hybridized carbons (Fsp3) is 0.467. The molecular weight excluding hydrogens is 250 g/mol. The molecule has 1 aliphatic heterocycles. The average molecular weight is 271 g/mol. The first kappa shape index (κ1) is 13.3. The fourth-order valence-corrected chi connectivity index (χ4v) is 2.93. The highest BCUT2D eigenvalue weighted by molar-refractivity contribution is 5.17. The minimum absolute atomic E-state index is 0.112. The molecule has 2 aromatic heterocycles. The molecule has 106 valence electrons. The number of aromatic nitrogens is 3. The zero-order valence-electron chi connectivity index (χ0n) is 11.8. The van der Waals surface area contributed by atoms with E-state index >= 15 is 0 Å². The van der Waals surface area contributed by atoms with E-state index in [2.05, 4.69) is 32.4 Å². The van der Waals surface area contributed by atoms with Gasteiger partial charge in [-0.3, -0.25) is 9.88 Å². The maximum absolute atomic E-state index is 6.38. The van der Waals surface area contributed by atoms with Gasteiger partial charge in [-0.2, -0.15) is 0 Å². The summed E-state index contributed by atoms with van der Waals surface area (Å²) in [5, 5.41) is 0. The van der Waals surface area contributed by atoms with Gasteiger partial charge in [0.2, 0.25) is 0 Å². The van der Waals surface area contributed by atoms with Crippen molar-refractivity contribution in [3.8, 4) is 0 Å². The van der Waals surface area contributed by atoms with E-state index in [1.807, 2.05) is 24.7 Å². The van der Waals surface area contributed by atoms with E-state index in [4.69, 9.17) is 5.73 Å². The Morgan fingerprint density at radius 1 is 1.35 bits per heavy atom. The van der Waals surface area contributed by atoms with Crippen LogP contribution in [0.25, 0.3) is 0 Å². The van der Waals surface area contributed by atoms with Gasteiger partial charge in [0.15, 0.2) is 0 Å². The molecular formula is C15H21N5. The van der Waals surface area contributed by atoms with E-state index in [0.29, 0.717) is 0 Å². The van der Waals surface area contributed by atoms with E-state index in [9.17, 15) is 0 Å². The van der Waals surface area contributed by atoms with Gasteiger partial charge in [0.05, 0.1) is 12.6 Å². The third kappa shape index (κ3) is 2.46. The number of fused-ring (bicyclic) bond motifs is 1. The molecule has 0 saturated heterocycles. The molecule has 2 unspecified atom stereocenters. The van der Waals surface area contributed by atoms with Gasteiger partial charge in [-0.15, -0.1) is 0 Å². The topological polar surface area (TPSA) is 60.0 Å². The number of nitrogens with two attached hydrogens (primary N) is 1. The molecule has 0 radical (unpaired) electrons. The predicted octanol–water partition coefficient (Wildman–Crippen LogP) is 1.57. The molecule has 0 aliphatic carbocycles. The van der Waals surface area contributed by atoms with E-state index < -0.39 is 0 Å². The van der Waals surface area contributed by atoms with Crippen LogP contribution in [0.15, 0.2) is 36.9 Å². The SMILES string of the molecule is CCC(N)C(c1cccnc1)N1CCn2ccnc2C1. The average Bonchev–Trinajstić information content (AvgIpc) is 2.96. The molecule has 2 N–H and O–H groups in total. The van der Waals surface area contributed by atoms with E-state index in [1.165, 1.54) is 5.56 Å². The van der Waals surface area contributed by atoms with Crippen LogP contribution in [0.4, 0.5) is 0 Å². The molecule has 3 rings (SSSR count). The van der Waals surface area contributed by atoms with Crippen LogP contribution in [0.2, 0.25) is 0 Å². The Kier molecular flexibility index (Phi) is 3.80. The fourth-order valence-electron chi connectivity index (χ4n) is 2.93. The van der Waals surface area contributed by atoms with Crippen molar-refractivity contribution in [1.82, 2.24) is 19.4 Å². The number of hydrogen-bond donors (Lipinski definition) is 1. The number of pyridine rings is 1. The van der Waals surface area contributed by atoms with Crippen LogP contribution in [-0.4, -0.2) is 32.0 Å². The lowest BCUT2D eigenvalue weighted by Crippen LogP contribution is -2.44. The quantitative estimate of drug-likeness (QED) is 0.917. The second kappa shape index (κ2) is 5.73. The lowest BCUT2D eigenvalue weighted by Gasteiger charge is -2.37.